The van der Waals surface area contributed by atoms with Crippen LogP contribution in [0.1, 0.15) is 28.3 Å². The van der Waals surface area contributed by atoms with E-state index >= 15 is 0 Å². The summed E-state index contributed by atoms with van der Waals surface area (Å²) in [6.45, 7) is 6.78. The summed E-state index contributed by atoms with van der Waals surface area (Å²) < 4.78 is 0. The topological polar surface area (TPSA) is 32.3 Å². The highest BCUT2D eigenvalue weighted by Gasteiger charge is 2.06. The summed E-state index contributed by atoms with van der Waals surface area (Å²) in [6, 6.07) is 21.3. The SMILES string of the molecule is Cc1cccc(CN(C)CCc2ccc(N(C)Cc3cccc(C)n3)cc2)n1. The van der Waals surface area contributed by atoms with Gasteiger partial charge in [-0.05, 0) is 69.3 Å². The minimum absolute atomic E-state index is 0.813. The lowest BCUT2D eigenvalue weighted by Crippen LogP contribution is -2.21. The highest BCUT2D eigenvalue weighted by atomic mass is 15.1. The summed E-state index contributed by atoms with van der Waals surface area (Å²) in [5, 5.41) is 0. The highest BCUT2D eigenvalue weighted by molar-refractivity contribution is 5.47. The molecule has 2 heterocycles. The maximum atomic E-state index is 4.59. The van der Waals surface area contributed by atoms with Crippen molar-refractivity contribution in [1.82, 2.24) is 14.9 Å². The van der Waals surface area contributed by atoms with Gasteiger partial charge in [-0.2, -0.15) is 0 Å². The van der Waals surface area contributed by atoms with Crippen molar-refractivity contribution in [2.75, 3.05) is 25.5 Å². The second-order valence-corrected chi connectivity index (χ2v) is 7.55. The Balaban J connectivity index is 1.51. The van der Waals surface area contributed by atoms with Crippen LogP contribution in [0.4, 0.5) is 5.69 Å². The molecule has 28 heavy (non-hydrogen) atoms. The van der Waals surface area contributed by atoms with Crippen LogP contribution in [-0.2, 0) is 19.5 Å². The lowest BCUT2D eigenvalue weighted by atomic mass is 10.1. The summed E-state index contributed by atoms with van der Waals surface area (Å²) >= 11 is 0. The Morgan fingerprint density at radius 2 is 1.29 bits per heavy atom. The van der Waals surface area contributed by atoms with Crippen molar-refractivity contribution in [3.05, 3.63) is 89.0 Å². The Hall–Kier alpha value is -2.72. The standard InChI is InChI=1S/C24H30N4/c1-19-7-5-9-22(25-19)17-27(3)16-15-21-11-13-24(14-12-21)28(4)18-23-10-6-8-20(2)26-23/h5-14H,15-18H2,1-4H3. The van der Waals surface area contributed by atoms with E-state index in [-0.39, 0.29) is 0 Å². The predicted octanol–water partition coefficient (Wildman–Crippen LogP) is 4.40. The number of aromatic nitrogens is 2. The second-order valence-electron chi connectivity index (χ2n) is 7.55. The third kappa shape index (κ3) is 5.89. The van der Waals surface area contributed by atoms with Gasteiger partial charge in [0, 0.05) is 37.2 Å². The minimum Gasteiger partial charge on any atom is -0.369 e. The van der Waals surface area contributed by atoms with E-state index in [4.69, 9.17) is 0 Å². The number of anilines is 1. The Bertz CT molecular complexity index is 889. The first-order valence-electron chi connectivity index (χ1n) is 9.83. The van der Waals surface area contributed by atoms with Gasteiger partial charge in [0.2, 0.25) is 0 Å². The number of rotatable bonds is 8. The quantitative estimate of drug-likeness (QED) is 0.585. The molecule has 0 N–H and O–H groups in total. The zero-order valence-corrected chi connectivity index (χ0v) is 17.4. The van der Waals surface area contributed by atoms with Gasteiger partial charge in [-0.1, -0.05) is 24.3 Å². The van der Waals surface area contributed by atoms with Crippen molar-refractivity contribution in [2.45, 2.75) is 33.4 Å². The van der Waals surface area contributed by atoms with Crippen LogP contribution >= 0.6 is 0 Å². The van der Waals surface area contributed by atoms with E-state index in [9.17, 15) is 0 Å². The molecule has 4 heteroatoms. The van der Waals surface area contributed by atoms with Gasteiger partial charge in [-0.25, -0.2) is 0 Å². The van der Waals surface area contributed by atoms with Crippen LogP contribution in [0.3, 0.4) is 0 Å². The Kier molecular flexibility index (Phi) is 6.77. The lowest BCUT2D eigenvalue weighted by Gasteiger charge is -2.20. The van der Waals surface area contributed by atoms with Gasteiger partial charge >= 0.3 is 0 Å². The molecule has 1 aromatic carbocycles. The molecule has 0 atom stereocenters. The van der Waals surface area contributed by atoms with E-state index in [1.54, 1.807) is 0 Å². The number of benzene rings is 1. The average molecular weight is 375 g/mol. The molecule has 0 aliphatic rings. The van der Waals surface area contributed by atoms with Gasteiger partial charge in [-0.15, -0.1) is 0 Å². The van der Waals surface area contributed by atoms with Crippen molar-refractivity contribution >= 4 is 5.69 Å². The fraction of sp³-hybridized carbons (Fsp3) is 0.333. The molecule has 0 aliphatic carbocycles. The van der Waals surface area contributed by atoms with Gasteiger partial charge in [-0.3, -0.25) is 9.97 Å². The first kappa shape index (κ1) is 20.0. The zero-order chi connectivity index (χ0) is 19.9. The fourth-order valence-electron chi connectivity index (χ4n) is 3.30. The van der Waals surface area contributed by atoms with Gasteiger partial charge in [0.25, 0.3) is 0 Å². The normalized spacial score (nSPS) is 11.0. The van der Waals surface area contributed by atoms with E-state index in [0.29, 0.717) is 0 Å². The Morgan fingerprint density at radius 1 is 0.714 bits per heavy atom. The number of pyridine rings is 2. The van der Waals surface area contributed by atoms with Gasteiger partial charge in [0.05, 0.1) is 17.9 Å². The molecule has 0 amide bonds. The summed E-state index contributed by atoms with van der Waals surface area (Å²) in [5.74, 6) is 0. The molecule has 146 valence electrons. The molecule has 0 saturated carbocycles. The zero-order valence-electron chi connectivity index (χ0n) is 17.4. The third-order valence-electron chi connectivity index (χ3n) is 4.88. The van der Waals surface area contributed by atoms with Crippen molar-refractivity contribution in [2.24, 2.45) is 0 Å². The van der Waals surface area contributed by atoms with E-state index in [1.807, 2.05) is 26.0 Å². The first-order chi connectivity index (χ1) is 13.5. The molecular formula is C24H30N4. The molecular weight excluding hydrogens is 344 g/mol. The second kappa shape index (κ2) is 9.47. The molecule has 2 aromatic heterocycles. The molecule has 0 fully saturated rings. The summed E-state index contributed by atoms with van der Waals surface area (Å²) in [7, 11) is 4.27. The molecule has 3 aromatic rings. The lowest BCUT2D eigenvalue weighted by molar-refractivity contribution is 0.327. The number of likely N-dealkylation sites (N-methyl/N-ethyl adjacent to an activating group) is 1. The van der Waals surface area contributed by atoms with E-state index in [2.05, 4.69) is 82.4 Å². The van der Waals surface area contributed by atoms with Crippen LogP contribution in [0, 0.1) is 13.8 Å². The average Bonchev–Trinajstić information content (AvgIpc) is 2.67. The van der Waals surface area contributed by atoms with Crippen LogP contribution in [0.5, 0.6) is 0 Å². The van der Waals surface area contributed by atoms with Gasteiger partial charge < -0.3 is 9.80 Å². The maximum absolute atomic E-state index is 4.59. The van der Waals surface area contributed by atoms with Crippen LogP contribution in [0.15, 0.2) is 60.7 Å². The molecule has 0 unspecified atom stereocenters. The van der Waals surface area contributed by atoms with Crippen molar-refractivity contribution in [3.8, 4) is 0 Å². The largest absolute Gasteiger partial charge is 0.369 e. The predicted molar refractivity (Wildman–Crippen MR) is 117 cm³/mol. The van der Waals surface area contributed by atoms with E-state index in [1.165, 1.54) is 11.3 Å². The fourth-order valence-corrected chi connectivity index (χ4v) is 3.30. The summed E-state index contributed by atoms with van der Waals surface area (Å²) in [4.78, 5) is 13.7. The Labute approximate surface area is 168 Å². The smallest absolute Gasteiger partial charge is 0.0600 e. The van der Waals surface area contributed by atoms with E-state index in [0.717, 1.165) is 48.8 Å². The van der Waals surface area contributed by atoms with E-state index < -0.39 is 0 Å². The third-order valence-corrected chi connectivity index (χ3v) is 4.88. The molecule has 3 rings (SSSR count). The molecule has 0 bridgehead atoms. The van der Waals surface area contributed by atoms with Gasteiger partial charge in [0.1, 0.15) is 0 Å². The maximum Gasteiger partial charge on any atom is 0.0600 e. The van der Waals surface area contributed by atoms with Crippen LogP contribution < -0.4 is 4.90 Å². The molecule has 0 aliphatic heterocycles. The molecule has 0 saturated heterocycles. The van der Waals surface area contributed by atoms with Crippen molar-refractivity contribution < 1.29 is 0 Å². The highest BCUT2D eigenvalue weighted by Crippen LogP contribution is 2.17. The number of aryl methyl sites for hydroxylation is 2. The number of nitrogens with zero attached hydrogens (tertiary/aromatic N) is 4. The minimum atomic E-state index is 0.813. The first-order valence-corrected chi connectivity index (χ1v) is 9.83. The van der Waals surface area contributed by atoms with Gasteiger partial charge in [0.15, 0.2) is 0 Å². The summed E-state index contributed by atoms with van der Waals surface area (Å²) in [6.07, 6.45) is 1.03. The number of hydrogen-bond donors (Lipinski definition) is 0. The monoisotopic (exact) mass is 374 g/mol. The molecule has 4 nitrogen and oxygen atoms in total. The molecule has 0 radical (unpaired) electrons. The van der Waals surface area contributed by atoms with Crippen molar-refractivity contribution in [1.29, 1.82) is 0 Å². The Morgan fingerprint density at radius 3 is 1.86 bits per heavy atom. The number of hydrogen-bond acceptors (Lipinski definition) is 4. The van der Waals surface area contributed by atoms with Crippen LogP contribution in [0.25, 0.3) is 0 Å². The van der Waals surface area contributed by atoms with Crippen LogP contribution in [-0.4, -0.2) is 35.5 Å². The van der Waals surface area contributed by atoms with Crippen molar-refractivity contribution in [3.63, 3.8) is 0 Å². The molecule has 0 spiro atoms. The summed E-state index contributed by atoms with van der Waals surface area (Å²) in [5.41, 5.74) is 6.93. The van der Waals surface area contributed by atoms with Crippen LogP contribution in [0.2, 0.25) is 0 Å².